The third-order valence-corrected chi connectivity index (χ3v) is 9.57. The van der Waals surface area contributed by atoms with Gasteiger partial charge in [-0.25, -0.2) is 0 Å². The van der Waals surface area contributed by atoms with Crippen molar-refractivity contribution in [2.24, 2.45) is 17.8 Å². The van der Waals surface area contributed by atoms with Gasteiger partial charge in [0, 0.05) is 22.9 Å². The molecule has 1 N–H and O–H groups in total. The SMILES string of the molecule is CC(Sc1nnc(Cc2cccs2)n1C1CC1)C(=O)NC12CC3CC(CC(C3)C1)C2. The van der Waals surface area contributed by atoms with Gasteiger partial charge in [-0.05, 0) is 87.5 Å². The van der Waals surface area contributed by atoms with E-state index in [2.05, 4.69) is 37.6 Å². The Hall–Kier alpha value is -1.34. The molecule has 1 unspecified atom stereocenters. The molecule has 2 aromatic heterocycles. The molecule has 0 spiro atoms. The molecule has 0 radical (unpaired) electrons. The standard InChI is InChI=1S/C23H30N4OS2/c1-14(21(28)24-23-11-15-7-16(12-23)9-17(8-15)13-23)30-22-26-25-20(27(22)18-4-5-18)10-19-3-2-6-29-19/h2-3,6,14-18H,4-5,7-13H2,1H3,(H,24,28). The molecule has 4 bridgehead atoms. The van der Waals surface area contributed by atoms with Crippen LogP contribution < -0.4 is 5.32 Å². The number of hydrogen-bond acceptors (Lipinski definition) is 5. The van der Waals surface area contributed by atoms with Gasteiger partial charge in [0.25, 0.3) is 0 Å². The van der Waals surface area contributed by atoms with Crippen molar-refractivity contribution in [1.29, 1.82) is 0 Å². The van der Waals surface area contributed by atoms with Crippen molar-refractivity contribution in [2.75, 3.05) is 0 Å². The largest absolute Gasteiger partial charge is 0.350 e. The van der Waals surface area contributed by atoms with E-state index >= 15 is 0 Å². The minimum atomic E-state index is -0.144. The van der Waals surface area contributed by atoms with Crippen LogP contribution in [0.1, 0.15) is 75.0 Å². The molecule has 7 rings (SSSR count). The molecule has 5 nitrogen and oxygen atoms in total. The number of nitrogens with one attached hydrogen (secondary N) is 1. The predicted molar refractivity (Wildman–Crippen MR) is 120 cm³/mol. The topological polar surface area (TPSA) is 59.8 Å². The Morgan fingerprint density at radius 2 is 1.93 bits per heavy atom. The Morgan fingerprint density at radius 3 is 2.53 bits per heavy atom. The van der Waals surface area contributed by atoms with Gasteiger partial charge in [0.2, 0.25) is 5.91 Å². The van der Waals surface area contributed by atoms with Crippen LogP contribution in [0.2, 0.25) is 0 Å². The van der Waals surface area contributed by atoms with Gasteiger partial charge in [-0.15, -0.1) is 21.5 Å². The monoisotopic (exact) mass is 442 g/mol. The molecule has 0 aliphatic heterocycles. The summed E-state index contributed by atoms with van der Waals surface area (Å²) in [6.07, 6.45) is 11.0. The van der Waals surface area contributed by atoms with E-state index in [0.717, 1.165) is 35.2 Å². The second kappa shape index (κ2) is 7.37. The zero-order valence-corrected chi connectivity index (χ0v) is 19.2. The van der Waals surface area contributed by atoms with Gasteiger partial charge in [0.05, 0.1) is 5.25 Å². The van der Waals surface area contributed by atoms with Crippen LogP contribution in [0.25, 0.3) is 0 Å². The van der Waals surface area contributed by atoms with Crippen molar-refractivity contribution in [3.05, 3.63) is 28.2 Å². The van der Waals surface area contributed by atoms with E-state index in [-0.39, 0.29) is 16.7 Å². The number of thiophene rings is 1. The highest BCUT2D eigenvalue weighted by atomic mass is 32.2. The fraction of sp³-hybridized carbons (Fsp3) is 0.696. The van der Waals surface area contributed by atoms with Crippen molar-refractivity contribution in [3.8, 4) is 0 Å². The Balaban J connectivity index is 1.15. The molecule has 0 saturated heterocycles. The lowest BCUT2D eigenvalue weighted by molar-refractivity contribution is -0.126. The second-order valence-corrected chi connectivity index (χ2v) is 12.5. The molecule has 7 heteroatoms. The molecule has 5 aliphatic rings. The van der Waals surface area contributed by atoms with Gasteiger partial charge in [-0.3, -0.25) is 4.79 Å². The maximum atomic E-state index is 13.2. The first kappa shape index (κ1) is 19.4. The van der Waals surface area contributed by atoms with E-state index in [9.17, 15) is 4.79 Å². The fourth-order valence-electron chi connectivity index (χ4n) is 6.62. The molecule has 1 atom stereocenters. The van der Waals surface area contributed by atoms with Crippen LogP contribution in [-0.4, -0.2) is 31.5 Å². The van der Waals surface area contributed by atoms with Gasteiger partial charge in [-0.2, -0.15) is 0 Å². The molecule has 5 saturated carbocycles. The van der Waals surface area contributed by atoms with E-state index in [0.29, 0.717) is 6.04 Å². The number of hydrogen-bond donors (Lipinski definition) is 1. The summed E-state index contributed by atoms with van der Waals surface area (Å²) in [4.78, 5) is 14.5. The van der Waals surface area contributed by atoms with Crippen LogP contribution in [0.5, 0.6) is 0 Å². The Bertz CT molecular complexity index is 898. The summed E-state index contributed by atoms with van der Waals surface area (Å²) in [7, 11) is 0. The molecule has 2 aromatic rings. The second-order valence-electron chi connectivity index (χ2n) is 10.2. The van der Waals surface area contributed by atoms with E-state index in [1.54, 1.807) is 23.1 Å². The van der Waals surface area contributed by atoms with Gasteiger partial charge in [-0.1, -0.05) is 17.8 Å². The van der Waals surface area contributed by atoms with Gasteiger partial charge < -0.3 is 9.88 Å². The predicted octanol–water partition coefficient (Wildman–Crippen LogP) is 4.83. The molecule has 5 fully saturated rings. The molecule has 5 aliphatic carbocycles. The first-order chi connectivity index (χ1) is 14.6. The van der Waals surface area contributed by atoms with Crippen LogP contribution in [0.15, 0.2) is 22.7 Å². The zero-order chi connectivity index (χ0) is 20.3. The lowest BCUT2D eigenvalue weighted by Crippen LogP contribution is -2.60. The number of rotatable bonds is 7. The Kier molecular flexibility index (Phi) is 4.75. The average Bonchev–Trinajstić information content (AvgIpc) is 3.24. The van der Waals surface area contributed by atoms with Gasteiger partial charge >= 0.3 is 0 Å². The third kappa shape index (κ3) is 3.62. The van der Waals surface area contributed by atoms with E-state index in [1.165, 1.54) is 56.2 Å². The molecular formula is C23H30N4OS2. The van der Waals surface area contributed by atoms with Gasteiger partial charge in [0.1, 0.15) is 5.82 Å². The molecule has 1 amide bonds. The van der Waals surface area contributed by atoms with Crippen LogP contribution >= 0.6 is 23.1 Å². The van der Waals surface area contributed by atoms with E-state index in [4.69, 9.17) is 0 Å². The summed E-state index contributed by atoms with van der Waals surface area (Å²) in [6, 6.07) is 4.76. The van der Waals surface area contributed by atoms with Crippen LogP contribution in [0.3, 0.4) is 0 Å². The molecule has 0 aromatic carbocycles. The van der Waals surface area contributed by atoms with E-state index in [1.807, 2.05) is 6.92 Å². The highest BCUT2D eigenvalue weighted by molar-refractivity contribution is 8.00. The van der Waals surface area contributed by atoms with Crippen molar-refractivity contribution in [1.82, 2.24) is 20.1 Å². The summed E-state index contributed by atoms with van der Waals surface area (Å²) < 4.78 is 2.30. The number of nitrogens with zero attached hydrogens (tertiary/aromatic N) is 3. The number of thioether (sulfide) groups is 1. The maximum absolute atomic E-state index is 13.2. The Morgan fingerprint density at radius 1 is 1.23 bits per heavy atom. The third-order valence-electron chi connectivity index (χ3n) is 7.64. The molecule has 160 valence electrons. The number of aromatic nitrogens is 3. The summed E-state index contributed by atoms with van der Waals surface area (Å²) in [6.45, 7) is 2.03. The summed E-state index contributed by atoms with van der Waals surface area (Å²) in [5.41, 5.74) is 0.0785. The highest BCUT2D eigenvalue weighted by Crippen LogP contribution is 2.55. The van der Waals surface area contributed by atoms with Crippen molar-refractivity contribution in [3.63, 3.8) is 0 Å². The quantitative estimate of drug-likeness (QED) is 0.624. The van der Waals surface area contributed by atoms with Crippen molar-refractivity contribution >= 4 is 29.0 Å². The zero-order valence-electron chi connectivity index (χ0n) is 17.5. The lowest BCUT2D eigenvalue weighted by atomic mass is 9.53. The van der Waals surface area contributed by atoms with Crippen LogP contribution in [0.4, 0.5) is 0 Å². The average molecular weight is 443 g/mol. The number of carbonyl (C=O) groups is 1. The Labute approximate surface area is 186 Å². The molecule has 30 heavy (non-hydrogen) atoms. The van der Waals surface area contributed by atoms with Gasteiger partial charge in [0.15, 0.2) is 5.16 Å². The number of amides is 1. The van der Waals surface area contributed by atoms with Crippen LogP contribution in [0, 0.1) is 17.8 Å². The summed E-state index contributed by atoms with van der Waals surface area (Å²) >= 11 is 3.35. The summed E-state index contributed by atoms with van der Waals surface area (Å²) in [5, 5.41) is 15.4. The molecule has 2 heterocycles. The minimum Gasteiger partial charge on any atom is -0.350 e. The first-order valence-electron chi connectivity index (χ1n) is 11.5. The highest BCUT2D eigenvalue weighted by Gasteiger charge is 2.51. The van der Waals surface area contributed by atoms with Crippen LogP contribution in [-0.2, 0) is 11.2 Å². The minimum absolute atomic E-state index is 0.0785. The van der Waals surface area contributed by atoms with E-state index < -0.39 is 0 Å². The lowest BCUT2D eigenvalue weighted by Gasteiger charge is -2.57. The number of carbonyl (C=O) groups excluding carboxylic acids is 1. The normalized spacial score (nSPS) is 33.0. The first-order valence-corrected chi connectivity index (χ1v) is 13.3. The summed E-state index contributed by atoms with van der Waals surface area (Å²) in [5.74, 6) is 3.76. The smallest absolute Gasteiger partial charge is 0.233 e. The molecular weight excluding hydrogens is 412 g/mol. The van der Waals surface area contributed by atoms with Crippen molar-refractivity contribution in [2.45, 2.75) is 86.7 Å². The fourth-order valence-corrected chi connectivity index (χ4v) is 8.25. The van der Waals surface area contributed by atoms with Crippen molar-refractivity contribution < 1.29 is 4.79 Å². The maximum Gasteiger partial charge on any atom is 0.233 e.